The minimum Gasteiger partial charge on any atom is -0.491 e. The fourth-order valence-electron chi connectivity index (χ4n) is 1.37. The van der Waals surface area contributed by atoms with Crippen molar-refractivity contribution in [3.63, 3.8) is 0 Å². The largest absolute Gasteiger partial charge is 0.491 e. The number of hydrogen-bond donors (Lipinski definition) is 1. The fraction of sp³-hybridized carbons (Fsp3) is 0.333. The smallest absolute Gasteiger partial charge is 0.294 e. The normalized spacial score (nSPS) is 23.9. The van der Waals surface area contributed by atoms with Crippen LogP contribution in [0.5, 0.6) is 5.75 Å². The van der Waals surface area contributed by atoms with Crippen molar-refractivity contribution in [1.29, 1.82) is 0 Å². The lowest BCUT2D eigenvalue weighted by atomic mass is 9.99. The van der Waals surface area contributed by atoms with E-state index in [1.165, 1.54) is 18.2 Å². The van der Waals surface area contributed by atoms with Gasteiger partial charge in [0.25, 0.3) is 5.92 Å². The highest BCUT2D eigenvalue weighted by atomic mass is 35.5. The predicted octanol–water partition coefficient (Wildman–Crippen LogP) is 2.15. The van der Waals surface area contributed by atoms with E-state index in [2.05, 4.69) is 0 Å². The van der Waals surface area contributed by atoms with Crippen LogP contribution in [-0.2, 0) is 5.92 Å². The molecule has 1 heterocycles. The number of benzene rings is 1. The lowest BCUT2D eigenvalue weighted by Gasteiger charge is -2.30. The van der Waals surface area contributed by atoms with Gasteiger partial charge in [-0.2, -0.15) is 8.78 Å². The molecule has 0 aliphatic carbocycles. The lowest BCUT2D eigenvalue weighted by Crippen LogP contribution is -2.46. The molecule has 0 bridgehead atoms. The van der Waals surface area contributed by atoms with Crippen LogP contribution in [0.25, 0.3) is 0 Å². The second-order valence-corrected chi connectivity index (χ2v) is 3.62. The van der Waals surface area contributed by atoms with Gasteiger partial charge < -0.3 is 10.5 Å². The Morgan fingerprint density at radius 3 is 2.93 bits per heavy atom. The molecule has 0 amide bonds. The molecule has 14 heavy (non-hydrogen) atoms. The zero-order chi connectivity index (χ0) is 10.3. The molecule has 0 saturated heterocycles. The van der Waals surface area contributed by atoms with Gasteiger partial charge in [-0.25, -0.2) is 0 Å². The van der Waals surface area contributed by atoms with Gasteiger partial charge in [0.05, 0.1) is 5.56 Å². The molecule has 0 spiro atoms. The van der Waals surface area contributed by atoms with E-state index in [1.807, 2.05) is 0 Å². The monoisotopic (exact) mass is 219 g/mol. The summed E-state index contributed by atoms with van der Waals surface area (Å²) < 4.78 is 32.1. The predicted molar refractivity (Wildman–Crippen MR) is 48.8 cm³/mol. The number of rotatable bonds is 0. The molecule has 1 atom stereocenters. The van der Waals surface area contributed by atoms with E-state index in [-0.39, 0.29) is 22.9 Å². The zero-order valence-corrected chi connectivity index (χ0v) is 7.89. The van der Waals surface area contributed by atoms with E-state index < -0.39 is 12.0 Å². The quantitative estimate of drug-likeness (QED) is 0.726. The molecule has 1 aromatic carbocycles. The Balaban J connectivity index is 2.55. The number of hydrogen-bond acceptors (Lipinski definition) is 2. The summed E-state index contributed by atoms with van der Waals surface area (Å²) in [6.07, 6.45) is 0. The highest BCUT2D eigenvalue weighted by molar-refractivity contribution is 6.30. The van der Waals surface area contributed by atoms with E-state index in [1.54, 1.807) is 0 Å². The Kier molecular flexibility index (Phi) is 2.12. The van der Waals surface area contributed by atoms with Crippen LogP contribution in [0.3, 0.4) is 0 Å². The Morgan fingerprint density at radius 2 is 2.21 bits per heavy atom. The van der Waals surface area contributed by atoms with Crippen molar-refractivity contribution in [2.75, 3.05) is 6.61 Å². The number of halogens is 3. The Morgan fingerprint density at radius 1 is 1.50 bits per heavy atom. The molecule has 1 unspecified atom stereocenters. The molecule has 0 aromatic heterocycles. The average molecular weight is 220 g/mol. The molecule has 0 fully saturated rings. The minimum absolute atomic E-state index is 0.154. The molecule has 1 aliphatic heterocycles. The maximum Gasteiger partial charge on any atom is 0.294 e. The second-order valence-electron chi connectivity index (χ2n) is 3.18. The van der Waals surface area contributed by atoms with Gasteiger partial charge in [0.2, 0.25) is 0 Å². The summed E-state index contributed by atoms with van der Waals surface area (Å²) in [5.74, 6) is -2.92. The van der Waals surface area contributed by atoms with E-state index in [0.717, 1.165) is 0 Å². The molecule has 0 radical (unpaired) electrons. The van der Waals surface area contributed by atoms with Gasteiger partial charge >= 0.3 is 0 Å². The van der Waals surface area contributed by atoms with Crippen molar-refractivity contribution >= 4 is 11.6 Å². The number of ether oxygens (including phenoxy) is 1. The first-order valence-electron chi connectivity index (χ1n) is 4.08. The van der Waals surface area contributed by atoms with E-state index >= 15 is 0 Å². The SMILES string of the molecule is NC1COc2ccc(Cl)cc2C1(F)F. The van der Waals surface area contributed by atoms with Crippen LogP contribution in [0.1, 0.15) is 5.56 Å². The molecule has 2 N–H and O–H groups in total. The van der Waals surface area contributed by atoms with Crippen molar-refractivity contribution in [2.45, 2.75) is 12.0 Å². The first-order valence-corrected chi connectivity index (χ1v) is 4.46. The third kappa shape index (κ3) is 1.35. The molecule has 2 nitrogen and oxygen atoms in total. The highest BCUT2D eigenvalue weighted by Crippen LogP contribution is 2.41. The van der Waals surface area contributed by atoms with E-state index in [0.29, 0.717) is 0 Å². The van der Waals surface area contributed by atoms with Gasteiger partial charge in [0.15, 0.2) is 0 Å². The van der Waals surface area contributed by atoms with Crippen LogP contribution in [-0.4, -0.2) is 12.6 Å². The van der Waals surface area contributed by atoms with Crippen LogP contribution in [0, 0.1) is 0 Å². The topological polar surface area (TPSA) is 35.2 Å². The summed E-state index contributed by atoms with van der Waals surface area (Å²) in [7, 11) is 0. The van der Waals surface area contributed by atoms with Crippen LogP contribution in [0.2, 0.25) is 5.02 Å². The maximum atomic E-state index is 13.5. The summed E-state index contributed by atoms with van der Waals surface area (Å²) in [5.41, 5.74) is 5.03. The highest BCUT2D eigenvalue weighted by Gasteiger charge is 2.45. The van der Waals surface area contributed by atoms with Gasteiger partial charge in [0, 0.05) is 5.02 Å². The Bertz CT molecular complexity index is 370. The second kappa shape index (κ2) is 3.07. The fourth-order valence-corrected chi connectivity index (χ4v) is 1.54. The van der Waals surface area contributed by atoms with Gasteiger partial charge in [0.1, 0.15) is 18.4 Å². The van der Waals surface area contributed by atoms with Crippen molar-refractivity contribution in [1.82, 2.24) is 0 Å². The maximum absolute atomic E-state index is 13.5. The third-order valence-corrected chi connectivity index (χ3v) is 2.42. The van der Waals surface area contributed by atoms with Gasteiger partial charge in [-0.05, 0) is 18.2 Å². The van der Waals surface area contributed by atoms with Crippen LogP contribution < -0.4 is 10.5 Å². The summed E-state index contributed by atoms with van der Waals surface area (Å²) in [5, 5.41) is 0.251. The van der Waals surface area contributed by atoms with E-state index in [9.17, 15) is 8.78 Å². The zero-order valence-electron chi connectivity index (χ0n) is 7.14. The number of fused-ring (bicyclic) bond motifs is 1. The molecule has 76 valence electrons. The summed E-state index contributed by atoms with van der Waals surface area (Å²) in [6.45, 7) is -0.179. The summed E-state index contributed by atoms with van der Waals surface area (Å²) in [6, 6.07) is 2.81. The van der Waals surface area contributed by atoms with Crippen molar-refractivity contribution < 1.29 is 13.5 Å². The van der Waals surface area contributed by atoms with Gasteiger partial charge in [-0.1, -0.05) is 11.6 Å². The standard InChI is InChI=1S/C9H8ClF2NO/c10-5-1-2-7-6(3-5)9(11,12)8(13)4-14-7/h1-3,8H,4,13H2. The van der Waals surface area contributed by atoms with Crippen molar-refractivity contribution in [3.05, 3.63) is 28.8 Å². The van der Waals surface area contributed by atoms with Crippen LogP contribution in [0.4, 0.5) is 8.78 Å². The van der Waals surface area contributed by atoms with E-state index in [4.69, 9.17) is 22.1 Å². The van der Waals surface area contributed by atoms with Crippen molar-refractivity contribution in [2.24, 2.45) is 5.73 Å². The summed E-state index contributed by atoms with van der Waals surface area (Å²) >= 11 is 5.62. The van der Waals surface area contributed by atoms with Gasteiger partial charge in [-0.15, -0.1) is 0 Å². The van der Waals surface area contributed by atoms with Crippen LogP contribution in [0.15, 0.2) is 18.2 Å². The molecule has 5 heteroatoms. The molecular weight excluding hydrogens is 212 g/mol. The molecule has 0 saturated carbocycles. The number of nitrogens with two attached hydrogens (primary N) is 1. The Labute approximate surface area is 84.6 Å². The third-order valence-electron chi connectivity index (χ3n) is 2.18. The molecule has 1 aliphatic rings. The first kappa shape index (κ1) is 9.68. The van der Waals surface area contributed by atoms with Crippen LogP contribution >= 0.6 is 11.6 Å². The van der Waals surface area contributed by atoms with Crippen molar-refractivity contribution in [3.8, 4) is 5.75 Å². The molecule has 2 rings (SSSR count). The number of alkyl halides is 2. The average Bonchev–Trinajstić information content (AvgIpc) is 2.13. The Hall–Kier alpha value is -0.870. The first-order chi connectivity index (χ1) is 6.51. The lowest BCUT2D eigenvalue weighted by molar-refractivity contribution is -0.0594. The minimum atomic E-state index is -3.07. The van der Waals surface area contributed by atoms with Gasteiger partial charge in [-0.3, -0.25) is 0 Å². The summed E-state index contributed by atoms with van der Waals surface area (Å²) in [4.78, 5) is 0. The molecule has 1 aromatic rings. The molecular formula is C9H8ClF2NO.